The third-order valence-corrected chi connectivity index (χ3v) is 4.47. The van der Waals surface area contributed by atoms with Gasteiger partial charge < -0.3 is 10.5 Å². The molecule has 4 heteroatoms. The molecule has 1 heterocycles. The van der Waals surface area contributed by atoms with Crippen LogP contribution in [0.25, 0.3) is 0 Å². The van der Waals surface area contributed by atoms with Crippen LogP contribution in [0, 0.1) is 0 Å². The minimum absolute atomic E-state index is 0.0205. The molecule has 3 rings (SSSR count). The van der Waals surface area contributed by atoms with Crippen molar-refractivity contribution in [3.63, 3.8) is 0 Å². The van der Waals surface area contributed by atoms with Gasteiger partial charge in [0.1, 0.15) is 11.9 Å². The molecule has 2 N–H and O–H groups in total. The highest BCUT2D eigenvalue weighted by atomic mass is 79.9. The molecular formula is C16H15BrClNO. The zero-order chi connectivity index (χ0) is 14.1. The highest BCUT2D eigenvalue weighted by Crippen LogP contribution is 2.30. The smallest absolute Gasteiger partial charge is 0.123 e. The van der Waals surface area contributed by atoms with Crippen molar-refractivity contribution in [3.05, 3.63) is 63.1 Å². The predicted octanol–water partition coefficient (Wildman–Crippen LogP) is 3.98. The molecule has 1 aliphatic heterocycles. The van der Waals surface area contributed by atoms with E-state index < -0.39 is 0 Å². The number of rotatable bonds is 3. The number of hydrogen-bond acceptors (Lipinski definition) is 2. The van der Waals surface area contributed by atoms with Crippen LogP contribution in [-0.4, -0.2) is 12.1 Å². The Morgan fingerprint density at radius 3 is 2.85 bits per heavy atom. The van der Waals surface area contributed by atoms with Crippen LogP contribution in [-0.2, 0) is 12.8 Å². The molecule has 0 saturated heterocycles. The lowest BCUT2D eigenvalue weighted by Crippen LogP contribution is -2.39. The Morgan fingerprint density at radius 2 is 2.10 bits per heavy atom. The van der Waals surface area contributed by atoms with E-state index in [0.717, 1.165) is 27.2 Å². The average Bonchev–Trinajstić information content (AvgIpc) is 2.86. The van der Waals surface area contributed by atoms with Crippen LogP contribution in [0.4, 0.5) is 0 Å². The Hall–Kier alpha value is -1.03. The normalized spacial score (nSPS) is 18.4. The molecular weight excluding hydrogens is 338 g/mol. The minimum atomic E-state index is -0.0684. The average molecular weight is 353 g/mol. The van der Waals surface area contributed by atoms with Gasteiger partial charge in [0.05, 0.1) is 0 Å². The van der Waals surface area contributed by atoms with Crippen LogP contribution in [0.15, 0.2) is 46.9 Å². The maximum Gasteiger partial charge on any atom is 0.123 e. The van der Waals surface area contributed by atoms with Crippen molar-refractivity contribution in [3.8, 4) is 5.75 Å². The number of benzene rings is 2. The Labute approximate surface area is 132 Å². The highest BCUT2D eigenvalue weighted by molar-refractivity contribution is 9.10. The predicted molar refractivity (Wildman–Crippen MR) is 85.4 cm³/mol. The van der Waals surface area contributed by atoms with Gasteiger partial charge >= 0.3 is 0 Å². The molecule has 2 aromatic rings. The van der Waals surface area contributed by atoms with E-state index in [9.17, 15) is 0 Å². The largest absolute Gasteiger partial charge is 0.488 e. The lowest BCUT2D eigenvalue weighted by molar-refractivity contribution is 0.198. The highest BCUT2D eigenvalue weighted by Gasteiger charge is 2.28. The molecule has 0 aromatic heterocycles. The van der Waals surface area contributed by atoms with Crippen molar-refractivity contribution >= 4 is 27.5 Å². The van der Waals surface area contributed by atoms with Gasteiger partial charge in [0.15, 0.2) is 0 Å². The van der Waals surface area contributed by atoms with Crippen LogP contribution in [0.1, 0.15) is 11.1 Å². The van der Waals surface area contributed by atoms with Crippen molar-refractivity contribution in [1.82, 2.24) is 0 Å². The summed E-state index contributed by atoms with van der Waals surface area (Å²) in [6.07, 6.45) is 1.60. The van der Waals surface area contributed by atoms with Crippen molar-refractivity contribution in [2.75, 3.05) is 0 Å². The summed E-state index contributed by atoms with van der Waals surface area (Å²) < 4.78 is 6.90. The van der Waals surface area contributed by atoms with Gasteiger partial charge in [-0.15, -0.1) is 0 Å². The lowest BCUT2D eigenvalue weighted by Gasteiger charge is -2.19. The Kier molecular flexibility index (Phi) is 4.01. The van der Waals surface area contributed by atoms with E-state index >= 15 is 0 Å². The molecule has 2 aromatic carbocycles. The summed E-state index contributed by atoms with van der Waals surface area (Å²) in [6.45, 7) is 0. The molecule has 1 aliphatic rings. The second-order valence-corrected chi connectivity index (χ2v) is 6.39. The van der Waals surface area contributed by atoms with E-state index in [-0.39, 0.29) is 12.1 Å². The van der Waals surface area contributed by atoms with Crippen LogP contribution < -0.4 is 10.5 Å². The van der Waals surface area contributed by atoms with Crippen molar-refractivity contribution in [1.29, 1.82) is 0 Å². The fourth-order valence-electron chi connectivity index (χ4n) is 2.52. The minimum Gasteiger partial charge on any atom is -0.488 e. The maximum absolute atomic E-state index is 6.30. The summed E-state index contributed by atoms with van der Waals surface area (Å²) in [5, 5.41) is 0.741. The zero-order valence-electron chi connectivity index (χ0n) is 10.9. The first-order valence-electron chi connectivity index (χ1n) is 6.57. The second kappa shape index (κ2) is 5.76. The van der Waals surface area contributed by atoms with E-state index in [1.165, 1.54) is 5.56 Å². The quantitative estimate of drug-likeness (QED) is 0.907. The molecule has 0 amide bonds. The second-order valence-electron chi connectivity index (χ2n) is 5.07. The van der Waals surface area contributed by atoms with E-state index in [0.29, 0.717) is 6.42 Å². The van der Waals surface area contributed by atoms with Gasteiger partial charge in [-0.05, 0) is 35.7 Å². The summed E-state index contributed by atoms with van der Waals surface area (Å²) in [5.74, 6) is 0.954. The number of para-hydroxylation sites is 1. The molecule has 104 valence electrons. The third kappa shape index (κ3) is 2.85. The van der Waals surface area contributed by atoms with Gasteiger partial charge in [-0.3, -0.25) is 0 Å². The van der Waals surface area contributed by atoms with Crippen LogP contribution in [0.3, 0.4) is 0 Å². The molecule has 0 aliphatic carbocycles. The molecule has 20 heavy (non-hydrogen) atoms. The molecule has 2 nitrogen and oxygen atoms in total. The monoisotopic (exact) mass is 351 g/mol. The van der Waals surface area contributed by atoms with E-state index in [2.05, 4.69) is 22.0 Å². The summed E-state index contributed by atoms with van der Waals surface area (Å²) in [5.41, 5.74) is 8.59. The van der Waals surface area contributed by atoms with Gasteiger partial charge in [0.2, 0.25) is 0 Å². The first-order chi connectivity index (χ1) is 9.63. The standard InChI is InChI=1S/C16H15BrClNO/c17-12-6-5-10(13(18)9-12)7-14(19)16-8-11-3-1-2-4-15(11)20-16/h1-6,9,14,16H,7-8,19H2. The Balaban J connectivity index is 1.70. The van der Waals surface area contributed by atoms with E-state index in [4.69, 9.17) is 22.1 Å². The summed E-state index contributed by atoms with van der Waals surface area (Å²) in [6, 6.07) is 13.9. The number of halogens is 2. The summed E-state index contributed by atoms with van der Waals surface area (Å²) >= 11 is 9.65. The van der Waals surface area contributed by atoms with Crippen molar-refractivity contribution < 1.29 is 4.74 Å². The Bertz CT molecular complexity index is 607. The van der Waals surface area contributed by atoms with E-state index in [1.807, 2.05) is 36.4 Å². The topological polar surface area (TPSA) is 35.2 Å². The van der Waals surface area contributed by atoms with Gasteiger partial charge in [-0.2, -0.15) is 0 Å². The first-order valence-corrected chi connectivity index (χ1v) is 7.74. The molecule has 0 bridgehead atoms. The molecule has 0 saturated carbocycles. The molecule has 0 fully saturated rings. The number of fused-ring (bicyclic) bond motifs is 1. The number of nitrogens with two attached hydrogens (primary N) is 1. The van der Waals surface area contributed by atoms with Crippen molar-refractivity contribution in [2.45, 2.75) is 25.0 Å². The number of hydrogen-bond donors (Lipinski definition) is 1. The SMILES string of the molecule is NC(Cc1ccc(Br)cc1Cl)C1Cc2ccccc2O1. The van der Waals surface area contributed by atoms with Gasteiger partial charge in [-0.25, -0.2) is 0 Å². The first kappa shape index (κ1) is 13.9. The summed E-state index contributed by atoms with van der Waals surface area (Å²) in [4.78, 5) is 0. The van der Waals surface area contributed by atoms with Gasteiger partial charge in [-0.1, -0.05) is 51.8 Å². The fraction of sp³-hybridized carbons (Fsp3) is 0.250. The van der Waals surface area contributed by atoms with Crippen LogP contribution >= 0.6 is 27.5 Å². The van der Waals surface area contributed by atoms with Crippen LogP contribution in [0.5, 0.6) is 5.75 Å². The molecule has 2 unspecified atom stereocenters. The molecule has 0 spiro atoms. The van der Waals surface area contributed by atoms with Gasteiger partial charge in [0.25, 0.3) is 0 Å². The number of ether oxygens (including phenoxy) is 1. The fourth-order valence-corrected chi connectivity index (χ4v) is 3.27. The summed E-state index contributed by atoms with van der Waals surface area (Å²) in [7, 11) is 0. The zero-order valence-corrected chi connectivity index (χ0v) is 13.2. The van der Waals surface area contributed by atoms with Crippen LogP contribution in [0.2, 0.25) is 5.02 Å². The molecule has 0 radical (unpaired) electrons. The lowest BCUT2D eigenvalue weighted by atomic mass is 9.99. The third-order valence-electron chi connectivity index (χ3n) is 3.62. The van der Waals surface area contributed by atoms with Crippen molar-refractivity contribution in [2.24, 2.45) is 5.73 Å². The van der Waals surface area contributed by atoms with E-state index in [1.54, 1.807) is 0 Å². The Morgan fingerprint density at radius 1 is 1.30 bits per heavy atom. The molecule has 2 atom stereocenters. The van der Waals surface area contributed by atoms with Gasteiger partial charge in [0, 0.05) is 22.0 Å². The maximum atomic E-state index is 6.30.